The van der Waals surface area contributed by atoms with Crippen LogP contribution in [0.4, 0.5) is 17.4 Å². The number of hydrogen-bond donors (Lipinski definition) is 2. The van der Waals surface area contributed by atoms with E-state index in [2.05, 4.69) is 20.8 Å². The Labute approximate surface area is 232 Å². The average molecular weight is 541 g/mol. The number of aromatic nitrogens is 2. The van der Waals surface area contributed by atoms with Crippen LogP contribution in [0.1, 0.15) is 66.8 Å². The number of anilines is 3. The molecular formula is C31H32N4O5. The second kappa shape index (κ2) is 12.9. The molecule has 5 rings (SSSR count). The second-order valence-corrected chi connectivity index (χ2v) is 9.70. The number of rotatable bonds is 10. The maximum atomic E-state index is 12.7. The Kier molecular flexibility index (Phi) is 8.70. The highest BCUT2D eigenvalue weighted by atomic mass is 16.5. The van der Waals surface area contributed by atoms with Gasteiger partial charge in [0.05, 0.1) is 5.69 Å². The third-order valence-corrected chi connectivity index (χ3v) is 6.89. The van der Waals surface area contributed by atoms with E-state index in [1.165, 1.54) is 5.56 Å². The van der Waals surface area contributed by atoms with E-state index in [0.29, 0.717) is 36.1 Å². The molecule has 0 saturated heterocycles. The Hall–Kier alpha value is -4.66. The van der Waals surface area contributed by atoms with Crippen LogP contribution in [0.2, 0.25) is 0 Å². The number of ether oxygens (including phenoxy) is 2. The van der Waals surface area contributed by atoms with Gasteiger partial charge in [-0.1, -0.05) is 66.6 Å². The summed E-state index contributed by atoms with van der Waals surface area (Å²) in [6, 6.07) is 25.1. The maximum Gasteiger partial charge on any atom is 0.320 e. The van der Waals surface area contributed by atoms with Gasteiger partial charge in [0.15, 0.2) is 0 Å². The van der Waals surface area contributed by atoms with Gasteiger partial charge < -0.3 is 24.5 Å². The first-order valence-corrected chi connectivity index (χ1v) is 13.5. The minimum atomic E-state index is -0.500. The van der Waals surface area contributed by atoms with Crippen molar-refractivity contribution in [2.45, 2.75) is 57.7 Å². The molecule has 0 aliphatic heterocycles. The summed E-state index contributed by atoms with van der Waals surface area (Å²) in [4.78, 5) is 24.3. The van der Waals surface area contributed by atoms with Gasteiger partial charge in [-0.05, 0) is 67.0 Å². The van der Waals surface area contributed by atoms with Crippen molar-refractivity contribution in [1.82, 2.24) is 10.2 Å². The summed E-state index contributed by atoms with van der Waals surface area (Å²) in [7, 11) is 0. The molecule has 4 aromatic rings. The smallest absolute Gasteiger partial charge is 0.320 e. The van der Waals surface area contributed by atoms with Crippen molar-refractivity contribution >= 4 is 29.3 Å². The first kappa shape index (κ1) is 26.9. The van der Waals surface area contributed by atoms with Gasteiger partial charge in [-0.15, -0.1) is 5.10 Å². The van der Waals surface area contributed by atoms with E-state index in [9.17, 15) is 9.59 Å². The summed E-state index contributed by atoms with van der Waals surface area (Å²) in [5.41, 5.74) is 3.52. The molecule has 2 N–H and O–H groups in total. The summed E-state index contributed by atoms with van der Waals surface area (Å²) in [6.45, 7) is 2.22. The Balaban J connectivity index is 1.14. The molecule has 0 bridgehead atoms. The van der Waals surface area contributed by atoms with Crippen molar-refractivity contribution in [2.75, 3.05) is 10.6 Å². The fourth-order valence-electron chi connectivity index (χ4n) is 4.72. The fraction of sp³-hybridized carbons (Fsp3) is 0.290. The molecule has 206 valence electrons. The van der Waals surface area contributed by atoms with E-state index >= 15 is 0 Å². The lowest BCUT2D eigenvalue weighted by atomic mass is 9.82. The van der Waals surface area contributed by atoms with Crippen LogP contribution in [0, 0.1) is 0 Å². The van der Waals surface area contributed by atoms with E-state index in [-0.39, 0.29) is 24.0 Å². The highest BCUT2D eigenvalue weighted by molar-refractivity contribution is 6.00. The van der Waals surface area contributed by atoms with Crippen molar-refractivity contribution in [2.24, 2.45) is 0 Å². The zero-order chi connectivity index (χ0) is 27.7. The fourth-order valence-corrected chi connectivity index (χ4v) is 4.72. The lowest BCUT2D eigenvalue weighted by molar-refractivity contribution is -0.150. The number of hydrogen-bond acceptors (Lipinski definition) is 8. The van der Waals surface area contributed by atoms with Gasteiger partial charge in [0, 0.05) is 12.1 Å². The molecule has 1 amide bonds. The minimum Gasteiger partial charge on any atom is -0.487 e. The van der Waals surface area contributed by atoms with Gasteiger partial charge in [0.25, 0.3) is 0 Å². The van der Waals surface area contributed by atoms with Crippen LogP contribution in [0.5, 0.6) is 5.75 Å². The topological polar surface area (TPSA) is 116 Å². The number of para-hydroxylation sites is 2. The Morgan fingerprint density at radius 1 is 0.900 bits per heavy atom. The summed E-state index contributed by atoms with van der Waals surface area (Å²) in [5, 5.41) is 13.7. The number of nitrogens with zero attached hydrogens (tertiary/aromatic N) is 2. The number of esters is 1. The van der Waals surface area contributed by atoms with Crippen molar-refractivity contribution in [1.29, 1.82) is 0 Å². The van der Waals surface area contributed by atoms with Gasteiger partial charge in [-0.25, -0.2) is 0 Å². The van der Waals surface area contributed by atoms with Crippen molar-refractivity contribution in [3.05, 3.63) is 95.9 Å². The molecule has 40 heavy (non-hydrogen) atoms. The van der Waals surface area contributed by atoms with Crippen LogP contribution in [0.25, 0.3) is 0 Å². The van der Waals surface area contributed by atoms with Crippen LogP contribution >= 0.6 is 0 Å². The zero-order valence-corrected chi connectivity index (χ0v) is 22.3. The minimum absolute atomic E-state index is 0.0198. The average Bonchev–Trinajstić information content (AvgIpc) is 3.47. The number of carbonyl (C=O) groups excluding carboxylic acids is 2. The summed E-state index contributed by atoms with van der Waals surface area (Å²) in [6.07, 6.45) is 4.09. The molecule has 1 saturated carbocycles. The van der Waals surface area contributed by atoms with Crippen LogP contribution in [-0.2, 0) is 16.1 Å². The second-order valence-electron chi connectivity index (χ2n) is 9.70. The Bertz CT molecular complexity index is 1410. The standard InChI is InChI=1S/C31H32N4O5/c1-2-28(36)39-25-18-14-23(15-19-25)22-12-16-24(17-13-22)32-29(37)30-34-35-31(40-30)33-26-10-6-7-11-27(26)38-20-21-8-4-3-5-9-21/h3-13,16-17,23,25H,2,14-15,18-20H2,1H3,(H,32,37)(H,33,35). The van der Waals surface area contributed by atoms with Crippen molar-refractivity contribution in [3.8, 4) is 5.75 Å². The van der Waals surface area contributed by atoms with Crippen molar-refractivity contribution < 1.29 is 23.5 Å². The molecule has 9 heteroatoms. The van der Waals surface area contributed by atoms with Gasteiger partial charge in [0.1, 0.15) is 18.5 Å². The summed E-state index contributed by atoms with van der Waals surface area (Å²) >= 11 is 0. The maximum absolute atomic E-state index is 12.7. The molecule has 0 radical (unpaired) electrons. The Morgan fingerprint density at radius 2 is 1.62 bits per heavy atom. The lowest BCUT2D eigenvalue weighted by Crippen LogP contribution is -2.23. The predicted octanol–water partition coefficient (Wildman–Crippen LogP) is 6.62. The molecule has 0 unspecified atom stereocenters. The Morgan fingerprint density at radius 3 is 2.38 bits per heavy atom. The van der Waals surface area contributed by atoms with E-state index in [1.54, 1.807) is 0 Å². The van der Waals surface area contributed by atoms with Gasteiger partial charge in [0.2, 0.25) is 0 Å². The first-order valence-electron chi connectivity index (χ1n) is 13.5. The highest BCUT2D eigenvalue weighted by Gasteiger charge is 2.24. The van der Waals surface area contributed by atoms with Crippen LogP contribution in [0.3, 0.4) is 0 Å². The predicted molar refractivity (Wildman–Crippen MR) is 151 cm³/mol. The normalized spacial score (nSPS) is 16.6. The van der Waals surface area contributed by atoms with Gasteiger partial charge >= 0.3 is 23.8 Å². The van der Waals surface area contributed by atoms with E-state index in [1.807, 2.05) is 85.8 Å². The van der Waals surface area contributed by atoms with Gasteiger partial charge in [-0.2, -0.15) is 0 Å². The summed E-state index contributed by atoms with van der Waals surface area (Å²) in [5.74, 6) is 0.233. The molecule has 0 spiro atoms. The monoisotopic (exact) mass is 540 g/mol. The first-order chi connectivity index (χ1) is 19.6. The van der Waals surface area contributed by atoms with Crippen LogP contribution in [0.15, 0.2) is 83.3 Å². The molecule has 1 aliphatic rings. The molecule has 1 fully saturated rings. The third kappa shape index (κ3) is 7.05. The van der Waals surface area contributed by atoms with E-state index < -0.39 is 5.91 Å². The van der Waals surface area contributed by atoms with Crippen molar-refractivity contribution in [3.63, 3.8) is 0 Å². The summed E-state index contributed by atoms with van der Waals surface area (Å²) < 4.78 is 17.0. The molecule has 0 atom stereocenters. The molecule has 9 nitrogen and oxygen atoms in total. The zero-order valence-electron chi connectivity index (χ0n) is 22.3. The highest BCUT2D eigenvalue weighted by Crippen LogP contribution is 2.34. The quantitative estimate of drug-likeness (QED) is 0.216. The molecule has 1 aliphatic carbocycles. The van der Waals surface area contributed by atoms with Gasteiger partial charge in [-0.3, -0.25) is 9.59 Å². The SMILES string of the molecule is CCC(=O)OC1CCC(c2ccc(NC(=O)c3nnc(Nc4ccccc4OCc4ccccc4)o3)cc2)CC1. The lowest BCUT2D eigenvalue weighted by Gasteiger charge is -2.28. The third-order valence-electron chi connectivity index (χ3n) is 6.89. The molecule has 1 heterocycles. The molecule has 3 aromatic carbocycles. The van der Waals surface area contributed by atoms with Crippen LogP contribution < -0.4 is 15.4 Å². The van der Waals surface area contributed by atoms with Crippen LogP contribution in [-0.4, -0.2) is 28.2 Å². The number of nitrogens with one attached hydrogen (secondary N) is 2. The largest absolute Gasteiger partial charge is 0.487 e. The molecule has 1 aromatic heterocycles. The number of carbonyl (C=O) groups is 2. The van der Waals surface area contributed by atoms with E-state index in [4.69, 9.17) is 13.9 Å². The van der Waals surface area contributed by atoms with E-state index in [0.717, 1.165) is 31.2 Å². The molecular weight excluding hydrogens is 508 g/mol. The number of amides is 1. The number of benzene rings is 3.